The minimum Gasteiger partial charge on any atom is -0.490 e. The van der Waals surface area contributed by atoms with Crippen LogP contribution in [0.2, 0.25) is 0 Å². The standard InChI is InChI=1S/C33H26BrFN2O4S2/c1-3-40-28-16-22(15-27(34)30(28)41-19-21-9-7-20(2)8-10-21)17-29-32(39)37(33(42)43-29)26-6-4-5-23(18-26)31(38)36-25-13-11-24(35)12-14-25/h4-18H,3,19H2,1-2H3,(H,36,38)/b29-17+. The van der Waals surface area contributed by atoms with Crippen molar-refractivity contribution in [3.05, 3.63) is 122 Å². The number of halogens is 2. The maximum absolute atomic E-state index is 13.5. The van der Waals surface area contributed by atoms with E-state index in [0.29, 0.717) is 55.3 Å². The number of amides is 2. The zero-order valence-electron chi connectivity index (χ0n) is 23.2. The lowest BCUT2D eigenvalue weighted by atomic mass is 10.1. The second kappa shape index (κ2) is 13.5. The molecule has 0 unspecified atom stereocenters. The van der Waals surface area contributed by atoms with Gasteiger partial charge in [-0.2, -0.15) is 0 Å². The molecule has 1 aliphatic heterocycles. The fraction of sp³-hybridized carbons (Fsp3) is 0.121. The molecule has 4 aromatic carbocycles. The zero-order valence-corrected chi connectivity index (χ0v) is 26.4. The minimum atomic E-state index is -0.397. The van der Waals surface area contributed by atoms with Crippen molar-refractivity contribution in [1.82, 2.24) is 0 Å². The number of hydrogen-bond donors (Lipinski definition) is 1. The van der Waals surface area contributed by atoms with Crippen molar-refractivity contribution < 1.29 is 23.5 Å². The van der Waals surface area contributed by atoms with Crippen LogP contribution < -0.4 is 19.7 Å². The summed E-state index contributed by atoms with van der Waals surface area (Å²) in [6.45, 7) is 4.74. The number of anilines is 2. The summed E-state index contributed by atoms with van der Waals surface area (Å²) in [6.07, 6.45) is 1.75. The summed E-state index contributed by atoms with van der Waals surface area (Å²) in [5, 5.41) is 2.73. The third kappa shape index (κ3) is 7.33. The van der Waals surface area contributed by atoms with E-state index in [9.17, 15) is 14.0 Å². The van der Waals surface area contributed by atoms with E-state index < -0.39 is 11.7 Å². The molecule has 6 nitrogen and oxygen atoms in total. The van der Waals surface area contributed by atoms with E-state index in [1.807, 2.05) is 50.2 Å². The van der Waals surface area contributed by atoms with Crippen molar-refractivity contribution in [2.24, 2.45) is 0 Å². The third-order valence-electron chi connectivity index (χ3n) is 6.40. The lowest BCUT2D eigenvalue weighted by Crippen LogP contribution is -2.27. The largest absolute Gasteiger partial charge is 0.490 e. The molecule has 0 bridgehead atoms. The molecule has 0 saturated carbocycles. The third-order valence-corrected chi connectivity index (χ3v) is 8.29. The molecule has 0 aromatic heterocycles. The van der Waals surface area contributed by atoms with Gasteiger partial charge in [0.25, 0.3) is 11.8 Å². The summed E-state index contributed by atoms with van der Waals surface area (Å²) >= 11 is 10.3. The molecule has 43 heavy (non-hydrogen) atoms. The number of ether oxygens (including phenoxy) is 2. The summed E-state index contributed by atoms with van der Waals surface area (Å²) in [7, 11) is 0. The van der Waals surface area contributed by atoms with Gasteiger partial charge in [0, 0.05) is 11.3 Å². The fourth-order valence-corrected chi connectivity index (χ4v) is 6.15. The van der Waals surface area contributed by atoms with E-state index in [0.717, 1.165) is 11.1 Å². The number of hydrogen-bond acceptors (Lipinski definition) is 6. The highest BCUT2D eigenvalue weighted by Crippen LogP contribution is 2.41. The zero-order chi connectivity index (χ0) is 30.5. The molecule has 218 valence electrons. The van der Waals surface area contributed by atoms with E-state index in [1.54, 1.807) is 30.3 Å². The number of benzene rings is 4. The molecule has 0 aliphatic carbocycles. The molecule has 1 aliphatic rings. The Hall–Kier alpha value is -3.99. The smallest absolute Gasteiger partial charge is 0.270 e. The predicted octanol–water partition coefficient (Wildman–Crippen LogP) is 8.53. The first-order chi connectivity index (χ1) is 20.7. The van der Waals surface area contributed by atoms with Crippen molar-refractivity contribution in [3.63, 3.8) is 0 Å². The Morgan fingerprint density at radius 1 is 1.05 bits per heavy atom. The molecule has 0 radical (unpaired) electrons. The Morgan fingerprint density at radius 3 is 2.51 bits per heavy atom. The average molecular weight is 678 g/mol. The quantitative estimate of drug-likeness (QED) is 0.142. The molecule has 1 fully saturated rings. The maximum atomic E-state index is 13.5. The lowest BCUT2D eigenvalue weighted by molar-refractivity contribution is -0.113. The van der Waals surface area contributed by atoms with E-state index in [-0.39, 0.29) is 5.91 Å². The van der Waals surface area contributed by atoms with Gasteiger partial charge in [0.05, 0.1) is 21.7 Å². The Morgan fingerprint density at radius 2 is 1.79 bits per heavy atom. The van der Waals surface area contributed by atoms with E-state index in [2.05, 4.69) is 21.2 Å². The van der Waals surface area contributed by atoms with Gasteiger partial charge in [-0.25, -0.2) is 4.39 Å². The first-order valence-electron chi connectivity index (χ1n) is 13.3. The molecule has 0 spiro atoms. The van der Waals surface area contributed by atoms with Gasteiger partial charge >= 0.3 is 0 Å². The van der Waals surface area contributed by atoms with Crippen LogP contribution in [0.25, 0.3) is 6.08 Å². The summed E-state index contributed by atoms with van der Waals surface area (Å²) in [6, 6.07) is 23.9. The minimum absolute atomic E-state index is 0.306. The highest BCUT2D eigenvalue weighted by molar-refractivity contribution is 9.10. The lowest BCUT2D eigenvalue weighted by Gasteiger charge is -2.16. The molecule has 10 heteroatoms. The van der Waals surface area contributed by atoms with E-state index in [4.69, 9.17) is 21.7 Å². The number of thioether (sulfide) groups is 1. The van der Waals surface area contributed by atoms with Crippen LogP contribution in [0, 0.1) is 12.7 Å². The molecule has 0 atom stereocenters. The molecular formula is C33H26BrFN2O4S2. The van der Waals surface area contributed by atoms with E-state index >= 15 is 0 Å². The molecule has 4 aromatic rings. The van der Waals surface area contributed by atoms with Crippen LogP contribution in [0.1, 0.15) is 34.0 Å². The number of rotatable bonds is 9. The van der Waals surface area contributed by atoms with Gasteiger partial charge in [0.2, 0.25) is 0 Å². The van der Waals surface area contributed by atoms with Crippen molar-refractivity contribution in [3.8, 4) is 11.5 Å². The molecule has 1 N–H and O–H groups in total. The molecular weight excluding hydrogens is 651 g/mol. The second-order valence-corrected chi connectivity index (χ2v) is 12.1. The monoisotopic (exact) mass is 676 g/mol. The van der Waals surface area contributed by atoms with Crippen LogP contribution in [0.15, 0.2) is 94.3 Å². The maximum Gasteiger partial charge on any atom is 0.270 e. The van der Waals surface area contributed by atoms with Gasteiger partial charge in [-0.1, -0.05) is 59.9 Å². The molecule has 5 rings (SSSR count). The topological polar surface area (TPSA) is 67.9 Å². The SMILES string of the molecule is CCOc1cc(/C=C2/SC(=S)N(c3cccc(C(=O)Nc4ccc(F)cc4)c3)C2=O)cc(Br)c1OCc1ccc(C)cc1. The normalized spacial score (nSPS) is 13.9. The van der Waals surface area contributed by atoms with Crippen LogP contribution in [0.5, 0.6) is 11.5 Å². The fourth-order valence-electron chi connectivity index (χ4n) is 4.28. The molecule has 2 amide bonds. The van der Waals surface area contributed by atoms with Crippen LogP contribution >= 0.6 is 39.9 Å². The van der Waals surface area contributed by atoms with Crippen molar-refractivity contribution in [2.75, 3.05) is 16.8 Å². The number of nitrogens with one attached hydrogen (secondary N) is 1. The Labute approximate surface area is 267 Å². The van der Waals surface area contributed by atoms with Crippen molar-refractivity contribution in [1.29, 1.82) is 0 Å². The van der Waals surface area contributed by atoms with Crippen LogP contribution in [0.4, 0.5) is 15.8 Å². The van der Waals surface area contributed by atoms with Gasteiger partial charge in [-0.3, -0.25) is 14.5 Å². The van der Waals surface area contributed by atoms with Crippen LogP contribution in [0.3, 0.4) is 0 Å². The highest BCUT2D eigenvalue weighted by atomic mass is 79.9. The molecule has 1 heterocycles. The Kier molecular flexibility index (Phi) is 9.59. The van der Waals surface area contributed by atoms with Crippen molar-refractivity contribution in [2.45, 2.75) is 20.5 Å². The second-order valence-electron chi connectivity index (χ2n) is 9.57. The Bertz CT molecular complexity index is 1730. The number of carbonyl (C=O) groups is 2. The van der Waals surface area contributed by atoms with Crippen LogP contribution in [-0.2, 0) is 11.4 Å². The number of aryl methyl sites for hydroxylation is 1. The summed E-state index contributed by atoms with van der Waals surface area (Å²) in [5.74, 6) is 0.0204. The van der Waals surface area contributed by atoms with Crippen molar-refractivity contribution >= 4 is 73.5 Å². The summed E-state index contributed by atoms with van der Waals surface area (Å²) in [4.78, 5) is 28.2. The van der Waals surface area contributed by atoms with Gasteiger partial charge in [0.1, 0.15) is 12.4 Å². The summed E-state index contributed by atoms with van der Waals surface area (Å²) < 4.78 is 26.3. The predicted molar refractivity (Wildman–Crippen MR) is 177 cm³/mol. The van der Waals surface area contributed by atoms with E-state index in [1.165, 1.54) is 46.5 Å². The highest BCUT2D eigenvalue weighted by Gasteiger charge is 2.33. The van der Waals surface area contributed by atoms with Gasteiger partial charge in [-0.05, 0) is 102 Å². The average Bonchev–Trinajstić information content (AvgIpc) is 3.26. The summed E-state index contributed by atoms with van der Waals surface area (Å²) in [5.41, 5.74) is 4.18. The van der Waals surface area contributed by atoms with Gasteiger partial charge in [0.15, 0.2) is 15.8 Å². The first-order valence-corrected chi connectivity index (χ1v) is 15.3. The molecule has 1 saturated heterocycles. The number of nitrogens with zero attached hydrogens (tertiary/aromatic N) is 1. The van der Waals surface area contributed by atoms with Gasteiger partial charge in [-0.15, -0.1) is 0 Å². The number of thiocarbonyl (C=S) groups is 1. The Balaban J connectivity index is 1.35. The first kappa shape index (κ1) is 30.5. The number of carbonyl (C=O) groups excluding carboxylic acids is 2. The van der Waals surface area contributed by atoms with Crippen LogP contribution in [-0.4, -0.2) is 22.7 Å². The van der Waals surface area contributed by atoms with Gasteiger partial charge < -0.3 is 14.8 Å².